The number of aliphatic hydroxyl groups is 1. The van der Waals surface area contributed by atoms with Crippen molar-refractivity contribution in [3.8, 4) is 0 Å². The largest absolute Gasteiger partial charge is 0.390 e. The summed E-state index contributed by atoms with van der Waals surface area (Å²) in [7, 11) is 4.20. The second kappa shape index (κ2) is 7.25. The summed E-state index contributed by atoms with van der Waals surface area (Å²) >= 11 is 0. The molecular weight excluding hydrogens is 200 g/mol. The smallest absolute Gasteiger partial charge is 0.0603 e. The highest BCUT2D eigenvalue weighted by atomic mass is 16.3. The summed E-state index contributed by atoms with van der Waals surface area (Å²) in [6, 6.07) is 0. The van der Waals surface area contributed by atoms with Crippen molar-refractivity contribution in [3.05, 3.63) is 0 Å². The van der Waals surface area contributed by atoms with Crippen LogP contribution < -0.4 is 0 Å². The molecule has 0 spiro atoms. The minimum atomic E-state index is -0.548. The van der Waals surface area contributed by atoms with E-state index in [-0.39, 0.29) is 0 Å². The SMILES string of the molecule is CC(C)CN(CCN(C)C)CCC(C)(C)O. The zero-order valence-electron chi connectivity index (χ0n) is 12.0. The van der Waals surface area contributed by atoms with Gasteiger partial charge in [0.1, 0.15) is 0 Å². The van der Waals surface area contributed by atoms with Gasteiger partial charge in [0.25, 0.3) is 0 Å². The highest BCUT2D eigenvalue weighted by molar-refractivity contribution is 4.70. The summed E-state index contributed by atoms with van der Waals surface area (Å²) in [5.41, 5.74) is -0.548. The zero-order chi connectivity index (χ0) is 12.8. The second-order valence-corrected chi connectivity index (χ2v) is 6.06. The van der Waals surface area contributed by atoms with Gasteiger partial charge in [-0.25, -0.2) is 0 Å². The first-order valence-corrected chi connectivity index (χ1v) is 6.30. The molecule has 0 aliphatic rings. The van der Waals surface area contributed by atoms with Gasteiger partial charge >= 0.3 is 0 Å². The van der Waals surface area contributed by atoms with Crippen molar-refractivity contribution in [1.29, 1.82) is 0 Å². The van der Waals surface area contributed by atoms with Crippen molar-refractivity contribution in [2.75, 3.05) is 40.3 Å². The van der Waals surface area contributed by atoms with E-state index >= 15 is 0 Å². The number of nitrogens with zero attached hydrogens (tertiary/aromatic N) is 2. The van der Waals surface area contributed by atoms with Gasteiger partial charge < -0.3 is 14.9 Å². The maximum atomic E-state index is 9.74. The average Bonchev–Trinajstić information content (AvgIpc) is 2.07. The Labute approximate surface area is 101 Å². The van der Waals surface area contributed by atoms with Crippen LogP contribution in [0, 0.1) is 5.92 Å². The molecule has 0 aromatic heterocycles. The van der Waals surface area contributed by atoms with Crippen molar-refractivity contribution in [2.24, 2.45) is 5.92 Å². The van der Waals surface area contributed by atoms with E-state index in [2.05, 4.69) is 37.7 Å². The normalized spacial score (nSPS) is 13.1. The Hall–Kier alpha value is -0.120. The number of likely N-dealkylation sites (N-methyl/N-ethyl adjacent to an activating group) is 1. The van der Waals surface area contributed by atoms with Gasteiger partial charge in [0.15, 0.2) is 0 Å². The third-order valence-corrected chi connectivity index (χ3v) is 2.53. The van der Waals surface area contributed by atoms with E-state index in [9.17, 15) is 5.11 Å². The van der Waals surface area contributed by atoms with Crippen LogP contribution in [-0.4, -0.2) is 60.8 Å². The van der Waals surface area contributed by atoms with Gasteiger partial charge in [-0.15, -0.1) is 0 Å². The first-order valence-electron chi connectivity index (χ1n) is 6.30. The second-order valence-electron chi connectivity index (χ2n) is 6.06. The molecule has 3 heteroatoms. The fourth-order valence-electron chi connectivity index (χ4n) is 1.58. The molecule has 0 saturated carbocycles. The molecule has 98 valence electrons. The molecule has 16 heavy (non-hydrogen) atoms. The summed E-state index contributed by atoms with van der Waals surface area (Å²) in [4.78, 5) is 4.65. The van der Waals surface area contributed by atoms with Crippen LogP contribution >= 0.6 is 0 Å². The molecule has 0 amide bonds. The molecule has 0 rings (SSSR count). The first kappa shape index (κ1) is 15.9. The minimum Gasteiger partial charge on any atom is -0.390 e. The molecule has 1 N–H and O–H groups in total. The van der Waals surface area contributed by atoms with E-state index in [4.69, 9.17) is 0 Å². The van der Waals surface area contributed by atoms with Crippen LogP contribution in [0.1, 0.15) is 34.1 Å². The van der Waals surface area contributed by atoms with Crippen molar-refractivity contribution in [3.63, 3.8) is 0 Å². The van der Waals surface area contributed by atoms with Gasteiger partial charge in [0, 0.05) is 26.2 Å². The van der Waals surface area contributed by atoms with E-state index in [0.29, 0.717) is 5.92 Å². The van der Waals surface area contributed by atoms with Gasteiger partial charge in [-0.2, -0.15) is 0 Å². The number of hydrogen-bond donors (Lipinski definition) is 1. The minimum absolute atomic E-state index is 0.548. The lowest BCUT2D eigenvalue weighted by molar-refractivity contribution is 0.0551. The summed E-state index contributed by atoms with van der Waals surface area (Å²) in [6.45, 7) is 12.5. The van der Waals surface area contributed by atoms with Gasteiger partial charge in [0.05, 0.1) is 5.60 Å². The summed E-state index contributed by atoms with van der Waals surface area (Å²) < 4.78 is 0. The van der Waals surface area contributed by atoms with Crippen LogP contribution in [0.15, 0.2) is 0 Å². The van der Waals surface area contributed by atoms with Crippen LogP contribution in [0.2, 0.25) is 0 Å². The monoisotopic (exact) mass is 230 g/mol. The molecule has 0 atom stereocenters. The lowest BCUT2D eigenvalue weighted by atomic mass is 10.0. The highest BCUT2D eigenvalue weighted by Gasteiger charge is 2.15. The molecule has 0 aromatic carbocycles. The third kappa shape index (κ3) is 10.4. The van der Waals surface area contributed by atoms with Crippen molar-refractivity contribution >= 4 is 0 Å². The predicted octanol–water partition coefficient (Wildman–Crippen LogP) is 1.67. The highest BCUT2D eigenvalue weighted by Crippen LogP contribution is 2.09. The Morgan fingerprint density at radius 2 is 1.62 bits per heavy atom. The summed E-state index contributed by atoms with van der Waals surface area (Å²) in [5.74, 6) is 0.684. The Bertz CT molecular complexity index is 173. The van der Waals surface area contributed by atoms with E-state index in [1.54, 1.807) is 0 Å². The van der Waals surface area contributed by atoms with Crippen LogP contribution in [0.5, 0.6) is 0 Å². The van der Waals surface area contributed by atoms with Gasteiger partial charge in [-0.05, 0) is 40.3 Å². The van der Waals surface area contributed by atoms with Crippen molar-refractivity contribution < 1.29 is 5.11 Å². The van der Waals surface area contributed by atoms with E-state index in [1.165, 1.54) is 0 Å². The van der Waals surface area contributed by atoms with Crippen LogP contribution in [0.3, 0.4) is 0 Å². The third-order valence-electron chi connectivity index (χ3n) is 2.53. The van der Waals surface area contributed by atoms with E-state index < -0.39 is 5.60 Å². The Balaban J connectivity index is 4.00. The summed E-state index contributed by atoms with van der Waals surface area (Å²) in [6.07, 6.45) is 0.840. The molecule has 0 fully saturated rings. The standard InChI is InChI=1S/C13H30N2O/c1-12(2)11-15(10-9-14(5)6)8-7-13(3,4)16/h12,16H,7-11H2,1-6H3. The average molecular weight is 230 g/mol. The lowest BCUT2D eigenvalue weighted by Gasteiger charge is -2.28. The Morgan fingerprint density at radius 3 is 2.00 bits per heavy atom. The topological polar surface area (TPSA) is 26.7 Å². The van der Waals surface area contributed by atoms with E-state index in [1.807, 2.05) is 13.8 Å². The quantitative estimate of drug-likeness (QED) is 0.687. The Morgan fingerprint density at radius 1 is 1.06 bits per heavy atom. The molecule has 0 saturated heterocycles. The maximum Gasteiger partial charge on any atom is 0.0603 e. The fraction of sp³-hybridized carbons (Fsp3) is 1.00. The predicted molar refractivity (Wildman–Crippen MR) is 70.7 cm³/mol. The molecule has 0 bridgehead atoms. The lowest BCUT2D eigenvalue weighted by Crippen LogP contribution is -2.37. The van der Waals surface area contributed by atoms with Gasteiger partial charge in [-0.1, -0.05) is 13.8 Å². The van der Waals surface area contributed by atoms with Gasteiger partial charge in [0.2, 0.25) is 0 Å². The number of rotatable bonds is 8. The van der Waals surface area contributed by atoms with Crippen LogP contribution in [0.4, 0.5) is 0 Å². The van der Waals surface area contributed by atoms with Crippen molar-refractivity contribution in [2.45, 2.75) is 39.7 Å². The Kier molecular flexibility index (Phi) is 7.20. The van der Waals surface area contributed by atoms with E-state index in [0.717, 1.165) is 32.6 Å². The maximum absolute atomic E-state index is 9.74. The molecule has 0 aliphatic carbocycles. The summed E-state index contributed by atoms with van der Waals surface area (Å²) in [5, 5.41) is 9.74. The van der Waals surface area contributed by atoms with Crippen molar-refractivity contribution in [1.82, 2.24) is 9.80 Å². The molecule has 3 nitrogen and oxygen atoms in total. The van der Waals surface area contributed by atoms with Gasteiger partial charge in [-0.3, -0.25) is 0 Å². The zero-order valence-corrected chi connectivity index (χ0v) is 12.0. The molecular formula is C13H30N2O. The molecule has 0 aliphatic heterocycles. The van der Waals surface area contributed by atoms with Crippen LogP contribution in [-0.2, 0) is 0 Å². The molecule has 0 radical (unpaired) electrons. The molecule has 0 heterocycles. The molecule has 0 aromatic rings. The fourth-order valence-corrected chi connectivity index (χ4v) is 1.58. The van der Waals surface area contributed by atoms with Crippen LogP contribution in [0.25, 0.3) is 0 Å². The first-order chi connectivity index (χ1) is 7.20. The molecule has 0 unspecified atom stereocenters. The number of hydrogen-bond acceptors (Lipinski definition) is 3.